The van der Waals surface area contributed by atoms with Gasteiger partial charge in [-0.3, -0.25) is 0 Å². The zero-order chi connectivity index (χ0) is 16.4. The van der Waals surface area contributed by atoms with Gasteiger partial charge in [0, 0.05) is 5.69 Å². The minimum absolute atomic E-state index is 0.0413. The van der Waals surface area contributed by atoms with Crippen LogP contribution in [0.15, 0.2) is 6.07 Å². The lowest BCUT2D eigenvalue weighted by Gasteiger charge is -2.32. The molecule has 2 aromatic heterocycles. The fraction of sp³-hybridized carbons (Fsp3) is 0.533. The van der Waals surface area contributed by atoms with Crippen LogP contribution in [0.2, 0.25) is 0 Å². The molecule has 0 aliphatic heterocycles. The summed E-state index contributed by atoms with van der Waals surface area (Å²) in [5.41, 5.74) is 0.510. The van der Waals surface area contributed by atoms with E-state index in [1.54, 1.807) is 6.07 Å². The Hall–Kier alpha value is -1.70. The Kier molecular flexibility index (Phi) is 3.01. The first-order valence-electron chi connectivity index (χ1n) is 7.39. The average molecular weight is 342 g/mol. The van der Waals surface area contributed by atoms with Crippen molar-refractivity contribution >= 4 is 27.7 Å². The van der Waals surface area contributed by atoms with E-state index in [2.05, 4.69) is 9.97 Å². The van der Waals surface area contributed by atoms with E-state index in [-0.39, 0.29) is 17.8 Å². The second-order valence-corrected chi connectivity index (χ2v) is 7.31. The lowest BCUT2D eigenvalue weighted by Crippen LogP contribution is -2.35. The Bertz CT molecular complexity index is 811. The number of aryl methyl sites for hydroxylation is 1. The number of hydrogen-bond donors (Lipinski definition) is 1. The topological polar surface area (TPSA) is 63.1 Å². The number of hydrogen-bond acceptors (Lipinski definition) is 4. The molecule has 1 fully saturated rings. The van der Waals surface area contributed by atoms with Crippen molar-refractivity contribution in [1.29, 1.82) is 0 Å². The van der Waals surface area contributed by atoms with Crippen molar-refractivity contribution in [1.82, 2.24) is 9.97 Å². The van der Waals surface area contributed by atoms with Gasteiger partial charge in [-0.15, -0.1) is 0 Å². The second-order valence-electron chi connectivity index (χ2n) is 6.34. The summed E-state index contributed by atoms with van der Waals surface area (Å²) in [4.78, 5) is 20.0. The molecular weight excluding hydrogens is 329 g/mol. The highest BCUT2D eigenvalue weighted by Gasteiger charge is 2.66. The van der Waals surface area contributed by atoms with E-state index in [1.807, 2.05) is 0 Å². The lowest BCUT2D eigenvalue weighted by molar-refractivity contribution is -0.204. The molecule has 122 valence electrons. The summed E-state index contributed by atoms with van der Waals surface area (Å²) in [6.07, 6.45) is -2.39. The third-order valence-electron chi connectivity index (χ3n) is 5.07. The standard InChI is InChI=1S/C15H13F3N2O2S/c16-15(17,18)14(3-4-14)8-1-2-9-7(5-8)6-10-11(19-9)23-12(20-10)13(21)22/h6,8H,1-5H2,(H,21,22). The lowest BCUT2D eigenvalue weighted by atomic mass is 9.76. The van der Waals surface area contributed by atoms with Crippen LogP contribution < -0.4 is 0 Å². The number of carbonyl (C=O) groups is 1. The minimum Gasteiger partial charge on any atom is -0.476 e. The Labute approximate surface area is 133 Å². The quantitative estimate of drug-likeness (QED) is 0.901. The van der Waals surface area contributed by atoms with Crippen LogP contribution in [0, 0.1) is 11.3 Å². The number of carboxylic acid groups (broad SMARTS) is 1. The van der Waals surface area contributed by atoms with Crippen molar-refractivity contribution in [2.45, 2.75) is 38.3 Å². The van der Waals surface area contributed by atoms with Crippen LogP contribution in [-0.4, -0.2) is 27.2 Å². The maximum Gasteiger partial charge on any atom is 0.394 e. The molecule has 0 radical (unpaired) electrons. The molecule has 0 aromatic carbocycles. The van der Waals surface area contributed by atoms with Crippen LogP contribution >= 0.6 is 11.3 Å². The summed E-state index contributed by atoms with van der Waals surface area (Å²) >= 11 is 0.999. The molecule has 2 aliphatic rings. The maximum atomic E-state index is 13.3. The summed E-state index contributed by atoms with van der Waals surface area (Å²) in [6.45, 7) is 0. The predicted molar refractivity (Wildman–Crippen MR) is 77.6 cm³/mol. The van der Waals surface area contributed by atoms with E-state index in [1.165, 1.54) is 0 Å². The first-order valence-corrected chi connectivity index (χ1v) is 8.21. The van der Waals surface area contributed by atoms with E-state index >= 15 is 0 Å². The second kappa shape index (κ2) is 4.66. The van der Waals surface area contributed by atoms with Crippen molar-refractivity contribution in [2.24, 2.45) is 11.3 Å². The normalized spacial score (nSPS) is 22.8. The van der Waals surface area contributed by atoms with E-state index in [9.17, 15) is 18.0 Å². The highest BCUT2D eigenvalue weighted by molar-refractivity contribution is 7.19. The molecule has 2 aliphatic carbocycles. The van der Waals surface area contributed by atoms with E-state index in [0.29, 0.717) is 29.6 Å². The molecule has 2 aromatic rings. The fourth-order valence-corrected chi connectivity index (χ4v) is 4.41. The number of carboxylic acids is 1. The number of nitrogens with zero attached hydrogens (tertiary/aromatic N) is 2. The van der Waals surface area contributed by atoms with Gasteiger partial charge in [-0.05, 0) is 49.7 Å². The molecule has 1 saturated carbocycles. The zero-order valence-electron chi connectivity index (χ0n) is 12.0. The fourth-order valence-electron chi connectivity index (χ4n) is 3.63. The number of aromatic carboxylic acids is 1. The van der Waals surface area contributed by atoms with E-state index < -0.39 is 23.5 Å². The molecule has 0 saturated heterocycles. The highest BCUT2D eigenvalue weighted by Crippen LogP contribution is 2.64. The molecule has 23 heavy (non-hydrogen) atoms. The summed E-state index contributed by atoms with van der Waals surface area (Å²) < 4.78 is 39.9. The number of pyridine rings is 1. The molecule has 4 rings (SSSR count). The number of halogens is 3. The van der Waals surface area contributed by atoms with Gasteiger partial charge in [-0.25, -0.2) is 14.8 Å². The molecule has 1 atom stereocenters. The molecule has 1 unspecified atom stereocenters. The van der Waals surface area contributed by atoms with Gasteiger partial charge in [0.15, 0.2) is 0 Å². The molecule has 8 heteroatoms. The van der Waals surface area contributed by atoms with Gasteiger partial charge in [0.25, 0.3) is 0 Å². The van der Waals surface area contributed by atoms with Crippen molar-refractivity contribution < 1.29 is 23.1 Å². The molecule has 0 amide bonds. The van der Waals surface area contributed by atoms with Gasteiger partial charge in [0.05, 0.1) is 5.41 Å². The first kappa shape index (κ1) is 14.9. The number of fused-ring (bicyclic) bond motifs is 2. The number of thiazole rings is 1. The van der Waals surface area contributed by atoms with Crippen LogP contribution in [0.4, 0.5) is 13.2 Å². The molecular formula is C15H13F3N2O2S. The van der Waals surface area contributed by atoms with Crippen molar-refractivity contribution in [3.63, 3.8) is 0 Å². The number of aromatic nitrogens is 2. The van der Waals surface area contributed by atoms with Gasteiger partial charge >= 0.3 is 12.1 Å². The van der Waals surface area contributed by atoms with E-state index in [4.69, 9.17) is 5.11 Å². The third-order valence-corrected chi connectivity index (χ3v) is 6.02. The number of rotatable bonds is 2. The SMILES string of the molecule is O=C(O)c1nc2cc3c(nc2s1)CCC(C1(C(F)(F)F)CC1)C3. The van der Waals surface area contributed by atoms with Crippen molar-refractivity contribution in [2.75, 3.05) is 0 Å². The maximum absolute atomic E-state index is 13.3. The molecule has 1 N–H and O–H groups in total. The Morgan fingerprint density at radius 3 is 2.70 bits per heavy atom. The Balaban J connectivity index is 1.69. The average Bonchev–Trinajstić information content (AvgIpc) is 3.19. The Morgan fingerprint density at radius 2 is 2.09 bits per heavy atom. The largest absolute Gasteiger partial charge is 0.476 e. The van der Waals surface area contributed by atoms with Crippen LogP contribution in [-0.2, 0) is 12.8 Å². The van der Waals surface area contributed by atoms with Crippen LogP contribution in [0.5, 0.6) is 0 Å². The van der Waals surface area contributed by atoms with Crippen LogP contribution in [0.1, 0.15) is 40.3 Å². The zero-order valence-corrected chi connectivity index (χ0v) is 12.8. The monoisotopic (exact) mass is 342 g/mol. The van der Waals surface area contributed by atoms with Gasteiger partial charge < -0.3 is 5.11 Å². The van der Waals surface area contributed by atoms with Crippen LogP contribution in [0.3, 0.4) is 0 Å². The van der Waals surface area contributed by atoms with Crippen molar-refractivity contribution in [3.05, 3.63) is 22.3 Å². The van der Waals surface area contributed by atoms with Gasteiger partial charge in [-0.2, -0.15) is 13.2 Å². The predicted octanol–water partition coefficient (Wildman–Crippen LogP) is 3.84. The first-order chi connectivity index (χ1) is 10.8. The number of alkyl halides is 3. The molecule has 0 bridgehead atoms. The Morgan fingerprint density at radius 1 is 1.35 bits per heavy atom. The van der Waals surface area contributed by atoms with Gasteiger partial charge in [-0.1, -0.05) is 11.3 Å². The van der Waals surface area contributed by atoms with Gasteiger partial charge in [0.1, 0.15) is 10.3 Å². The third kappa shape index (κ3) is 2.22. The smallest absolute Gasteiger partial charge is 0.394 e. The molecule has 4 nitrogen and oxygen atoms in total. The summed E-state index contributed by atoms with van der Waals surface area (Å²) in [6, 6.07) is 1.72. The highest BCUT2D eigenvalue weighted by atomic mass is 32.1. The van der Waals surface area contributed by atoms with Gasteiger partial charge in [0.2, 0.25) is 5.01 Å². The van der Waals surface area contributed by atoms with E-state index in [0.717, 1.165) is 22.6 Å². The summed E-state index contributed by atoms with van der Waals surface area (Å²) in [5.74, 6) is -1.52. The minimum atomic E-state index is -4.15. The van der Waals surface area contributed by atoms with Crippen molar-refractivity contribution in [3.8, 4) is 0 Å². The molecule has 0 spiro atoms. The summed E-state index contributed by atoms with van der Waals surface area (Å²) in [5, 5.41) is 8.95. The summed E-state index contributed by atoms with van der Waals surface area (Å²) in [7, 11) is 0. The molecule has 2 heterocycles. The van der Waals surface area contributed by atoms with Crippen LogP contribution in [0.25, 0.3) is 10.3 Å².